The summed E-state index contributed by atoms with van der Waals surface area (Å²) in [6, 6.07) is 7.94. The Kier molecular flexibility index (Phi) is 12.8. The van der Waals surface area contributed by atoms with Crippen LogP contribution in [0.15, 0.2) is 24.3 Å². The normalized spacial score (nSPS) is 16.3. The summed E-state index contributed by atoms with van der Waals surface area (Å²) in [4.78, 5) is 14.4. The van der Waals surface area contributed by atoms with Crippen molar-refractivity contribution in [2.24, 2.45) is 11.7 Å². The lowest BCUT2D eigenvalue weighted by Crippen LogP contribution is -2.34. The van der Waals surface area contributed by atoms with Gasteiger partial charge in [-0.3, -0.25) is 9.69 Å². The zero-order valence-corrected chi connectivity index (χ0v) is 16.9. The van der Waals surface area contributed by atoms with Crippen molar-refractivity contribution in [3.63, 3.8) is 0 Å². The minimum atomic E-state index is -0.249. The molecule has 1 amide bonds. The van der Waals surface area contributed by atoms with E-state index < -0.39 is 0 Å². The second kappa shape index (κ2) is 13.3. The number of carbonyl (C=O) groups excluding carboxylic acids is 1. The van der Waals surface area contributed by atoms with Crippen LogP contribution < -0.4 is 11.1 Å². The van der Waals surface area contributed by atoms with Crippen LogP contribution in [0.2, 0.25) is 0 Å². The number of aliphatic hydroxyl groups is 1. The van der Waals surface area contributed by atoms with E-state index in [1.165, 1.54) is 5.56 Å². The standard InChI is InChI=1S/C18H29N3O3.2ClH/c1-24-17(11-19)10-18(23)20-16-4-2-3-15(9-16)12-21-7-5-14(13-22)6-8-21;;/h2-4,9,14,17,22H,5-8,10-13,19H2,1H3,(H,20,23);2*1H. The van der Waals surface area contributed by atoms with Crippen LogP contribution in [0.25, 0.3) is 0 Å². The zero-order chi connectivity index (χ0) is 17.4. The molecule has 1 saturated heterocycles. The molecule has 1 aromatic carbocycles. The summed E-state index contributed by atoms with van der Waals surface area (Å²) in [7, 11) is 1.56. The second-order valence-corrected chi connectivity index (χ2v) is 6.45. The largest absolute Gasteiger partial charge is 0.396 e. The van der Waals surface area contributed by atoms with Crippen LogP contribution in [0, 0.1) is 5.92 Å². The minimum Gasteiger partial charge on any atom is -0.396 e. The molecule has 26 heavy (non-hydrogen) atoms. The van der Waals surface area contributed by atoms with Crippen LogP contribution in [0.1, 0.15) is 24.8 Å². The average Bonchev–Trinajstić information content (AvgIpc) is 2.60. The topological polar surface area (TPSA) is 87.8 Å². The molecule has 150 valence electrons. The first-order valence-corrected chi connectivity index (χ1v) is 8.59. The molecule has 1 unspecified atom stereocenters. The zero-order valence-electron chi connectivity index (χ0n) is 15.2. The number of anilines is 1. The van der Waals surface area contributed by atoms with Crippen molar-refractivity contribution in [3.8, 4) is 0 Å². The lowest BCUT2D eigenvalue weighted by Gasteiger charge is -2.31. The van der Waals surface area contributed by atoms with Gasteiger partial charge in [-0.25, -0.2) is 0 Å². The molecule has 1 aliphatic heterocycles. The van der Waals surface area contributed by atoms with Gasteiger partial charge in [-0.05, 0) is 49.5 Å². The molecule has 1 atom stereocenters. The molecule has 6 nitrogen and oxygen atoms in total. The Balaban J connectivity index is 0.00000312. The molecule has 0 bridgehead atoms. The molecular weight excluding hydrogens is 377 g/mol. The van der Waals surface area contributed by atoms with Crippen LogP contribution in [0.3, 0.4) is 0 Å². The lowest BCUT2D eigenvalue weighted by molar-refractivity contribution is -0.118. The Hall–Kier alpha value is -0.890. The van der Waals surface area contributed by atoms with Crippen LogP contribution in [-0.4, -0.2) is 55.4 Å². The molecule has 8 heteroatoms. The number of ether oxygens (including phenoxy) is 1. The summed E-state index contributed by atoms with van der Waals surface area (Å²) in [5.74, 6) is 0.358. The van der Waals surface area contributed by atoms with E-state index in [1.54, 1.807) is 7.11 Å². The van der Waals surface area contributed by atoms with Gasteiger partial charge in [0, 0.05) is 32.5 Å². The lowest BCUT2D eigenvalue weighted by atomic mass is 9.97. The number of amides is 1. The van der Waals surface area contributed by atoms with Crippen molar-refractivity contribution in [1.29, 1.82) is 0 Å². The van der Waals surface area contributed by atoms with Crippen LogP contribution >= 0.6 is 24.8 Å². The maximum Gasteiger partial charge on any atom is 0.227 e. The Morgan fingerprint density at radius 1 is 1.38 bits per heavy atom. The number of benzene rings is 1. The number of carbonyl (C=O) groups is 1. The van der Waals surface area contributed by atoms with E-state index >= 15 is 0 Å². The van der Waals surface area contributed by atoms with Gasteiger partial charge in [-0.15, -0.1) is 24.8 Å². The van der Waals surface area contributed by atoms with Crippen LogP contribution in [0.4, 0.5) is 5.69 Å². The monoisotopic (exact) mass is 407 g/mol. The van der Waals surface area contributed by atoms with Crippen LogP contribution in [-0.2, 0) is 16.1 Å². The Morgan fingerprint density at radius 2 is 2.08 bits per heavy atom. The number of halogens is 2. The molecule has 1 heterocycles. The minimum absolute atomic E-state index is 0. The molecule has 0 spiro atoms. The number of likely N-dealkylation sites (tertiary alicyclic amines) is 1. The molecular formula is C18H31Cl2N3O3. The number of nitrogens with zero attached hydrogens (tertiary/aromatic N) is 1. The van der Waals surface area contributed by atoms with Crippen molar-refractivity contribution < 1.29 is 14.6 Å². The van der Waals surface area contributed by atoms with Crippen molar-refractivity contribution in [3.05, 3.63) is 29.8 Å². The van der Waals surface area contributed by atoms with Crippen molar-refractivity contribution >= 4 is 36.4 Å². The number of nitrogens with two attached hydrogens (primary N) is 1. The van der Waals surface area contributed by atoms with Gasteiger partial charge in [0.25, 0.3) is 0 Å². The molecule has 0 saturated carbocycles. The first kappa shape index (κ1) is 25.1. The van der Waals surface area contributed by atoms with E-state index in [4.69, 9.17) is 10.5 Å². The van der Waals surface area contributed by atoms with Gasteiger partial charge < -0.3 is 20.9 Å². The number of nitrogens with one attached hydrogen (secondary N) is 1. The average molecular weight is 408 g/mol. The van der Waals surface area contributed by atoms with E-state index in [1.807, 2.05) is 18.2 Å². The van der Waals surface area contributed by atoms with Gasteiger partial charge in [0.05, 0.1) is 12.5 Å². The van der Waals surface area contributed by atoms with E-state index in [-0.39, 0.29) is 43.2 Å². The van der Waals surface area contributed by atoms with Gasteiger partial charge in [-0.2, -0.15) is 0 Å². The number of aliphatic hydroxyl groups excluding tert-OH is 1. The summed E-state index contributed by atoms with van der Waals surface area (Å²) in [6.07, 6.45) is 2.10. The SMILES string of the molecule is COC(CN)CC(=O)Nc1cccc(CN2CCC(CO)CC2)c1.Cl.Cl. The van der Waals surface area contributed by atoms with E-state index in [2.05, 4.69) is 16.3 Å². The molecule has 0 aromatic heterocycles. The summed E-state index contributed by atoms with van der Waals surface area (Å²) < 4.78 is 5.14. The fourth-order valence-electron chi connectivity index (χ4n) is 3.01. The van der Waals surface area contributed by atoms with Gasteiger partial charge in [0.1, 0.15) is 0 Å². The number of piperidine rings is 1. The molecule has 1 aliphatic rings. The summed E-state index contributed by atoms with van der Waals surface area (Å²) >= 11 is 0. The number of rotatable bonds is 8. The predicted molar refractivity (Wildman–Crippen MR) is 109 cm³/mol. The Labute approximate surface area is 168 Å². The van der Waals surface area contributed by atoms with Gasteiger partial charge in [-0.1, -0.05) is 12.1 Å². The molecule has 0 aliphatic carbocycles. The summed E-state index contributed by atoms with van der Waals surface area (Å²) in [6.45, 7) is 3.50. The fraction of sp³-hybridized carbons (Fsp3) is 0.611. The quantitative estimate of drug-likeness (QED) is 0.613. The number of methoxy groups -OCH3 is 1. The molecule has 1 fully saturated rings. The second-order valence-electron chi connectivity index (χ2n) is 6.45. The number of hydrogen-bond donors (Lipinski definition) is 3. The summed E-state index contributed by atoms with van der Waals surface area (Å²) in [5, 5.41) is 12.1. The van der Waals surface area contributed by atoms with E-state index in [0.717, 1.165) is 38.2 Å². The Morgan fingerprint density at radius 3 is 2.65 bits per heavy atom. The van der Waals surface area contributed by atoms with E-state index in [9.17, 15) is 9.90 Å². The highest BCUT2D eigenvalue weighted by molar-refractivity contribution is 5.91. The number of hydrogen-bond acceptors (Lipinski definition) is 5. The molecule has 4 N–H and O–H groups in total. The Bertz CT molecular complexity index is 522. The van der Waals surface area contributed by atoms with Crippen molar-refractivity contribution in [2.45, 2.75) is 31.9 Å². The van der Waals surface area contributed by atoms with Crippen molar-refractivity contribution in [2.75, 3.05) is 38.7 Å². The van der Waals surface area contributed by atoms with Gasteiger partial charge in [0.15, 0.2) is 0 Å². The molecule has 1 aromatic rings. The van der Waals surface area contributed by atoms with Gasteiger partial charge >= 0.3 is 0 Å². The highest BCUT2D eigenvalue weighted by atomic mass is 35.5. The highest BCUT2D eigenvalue weighted by Crippen LogP contribution is 2.19. The summed E-state index contributed by atoms with van der Waals surface area (Å²) in [5.41, 5.74) is 7.53. The third-order valence-electron chi connectivity index (χ3n) is 4.59. The third kappa shape index (κ3) is 8.20. The van der Waals surface area contributed by atoms with Crippen molar-refractivity contribution in [1.82, 2.24) is 4.90 Å². The highest BCUT2D eigenvalue weighted by Gasteiger charge is 2.18. The van der Waals surface area contributed by atoms with Gasteiger partial charge in [0.2, 0.25) is 5.91 Å². The maximum atomic E-state index is 12.0. The first-order valence-electron chi connectivity index (χ1n) is 8.59. The fourth-order valence-corrected chi connectivity index (χ4v) is 3.01. The third-order valence-corrected chi connectivity index (χ3v) is 4.59. The van der Waals surface area contributed by atoms with Crippen LogP contribution in [0.5, 0.6) is 0 Å². The first-order chi connectivity index (χ1) is 11.6. The van der Waals surface area contributed by atoms with E-state index in [0.29, 0.717) is 19.1 Å². The molecule has 2 rings (SSSR count). The smallest absolute Gasteiger partial charge is 0.227 e. The predicted octanol–water partition coefficient (Wildman–Crippen LogP) is 2.04. The molecule has 0 radical (unpaired) electrons. The maximum absolute atomic E-state index is 12.0.